The summed E-state index contributed by atoms with van der Waals surface area (Å²) >= 11 is 0. The lowest BCUT2D eigenvalue weighted by Gasteiger charge is -2.13. The van der Waals surface area contributed by atoms with Gasteiger partial charge in [0.25, 0.3) is 0 Å². The van der Waals surface area contributed by atoms with Crippen LogP contribution < -0.4 is 4.74 Å². The molecule has 0 saturated carbocycles. The number of carbonyl (C=O) groups is 1. The van der Waals surface area contributed by atoms with Crippen LogP contribution in [0.1, 0.15) is 51.2 Å². The van der Waals surface area contributed by atoms with Crippen LogP contribution in [0.5, 0.6) is 5.75 Å². The highest BCUT2D eigenvalue weighted by atomic mass is 19.1. The normalized spacial score (nSPS) is 12.4. The van der Waals surface area contributed by atoms with Crippen LogP contribution in [0.2, 0.25) is 0 Å². The van der Waals surface area contributed by atoms with Gasteiger partial charge in [0.15, 0.2) is 0 Å². The number of methoxy groups -OCH3 is 1. The molecule has 2 aromatic carbocycles. The lowest BCUT2D eigenvalue weighted by molar-refractivity contribution is -0.131. The maximum atomic E-state index is 13.5. The molecule has 0 saturated heterocycles. The molecule has 1 heterocycles. The highest BCUT2D eigenvalue weighted by Crippen LogP contribution is 2.34. The van der Waals surface area contributed by atoms with E-state index < -0.39 is 0 Å². The van der Waals surface area contributed by atoms with Gasteiger partial charge in [0.2, 0.25) is 5.91 Å². The van der Waals surface area contributed by atoms with Gasteiger partial charge in [-0.1, -0.05) is 32.4 Å². The van der Waals surface area contributed by atoms with Crippen molar-refractivity contribution in [2.24, 2.45) is 4.99 Å². The summed E-state index contributed by atoms with van der Waals surface area (Å²) in [5.41, 5.74) is 3.90. The third-order valence-corrected chi connectivity index (χ3v) is 4.76. The molecule has 2 aromatic rings. The number of hydrogen-bond donors (Lipinski definition) is 1. The van der Waals surface area contributed by atoms with Gasteiger partial charge in [-0.15, -0.1) is 0 Å². The number of ether oxygens (including phenoxy) is 1. The van der Waals surface area contributed by atoms with Crippen molar-refractivity contribution >= 4 is 18.0 Å². The fourth-order valence-corrected chi connectivity index (χ4v) is 3.20. The number of unbranched alkanes of at least 4 members (excludes halogenated alkanes) is 1. The van der Waals surface area contributed by atoms with Crippen LogP contribution in [0.3, 0.4) is 0 Å². The Labute approximate surface area is 178 Å². The molecule has 1 N–H and O–H groups in total. The molecule has 160 valence electrons. The summed E-state index contributed by atoms with van der Waals surface area (Å²) in [6.45, 7) is 6.90. The molecule has 0 bridgehead atoms. The molecule has 30 heavy (non-hydrogen) atoms. The van der Waals surface area contributed by atoms with Gasteiger partial charge in [-0.05, 0) is 54.3 Å². The Balaban J connectivity index is 0.000000343. The first kappa shape index (κ1) is 23.3. The zero-order chi connectivity index (χ0) is 22.1. The Hall–Kier alpha value is -3.02. The van der Waals surface area contributed by atoms with E-state index in [1.54, 1.807) is 26.3 Å². The number of hydrogen-bond acceptors (Lipinski definition) is 3. The quantitative estimate of drug-likeness (QED) is 0.513. The van der Waals surface area contributed by atoms with E-state index in [-0.39, 0.29) is 11.7 Å². The lowest BCUT2D eigenvalue weighted by Crippen LogP contribution is -2.23. The molecular formula is C24H30FN3O2. The Kier molecular flexibility index (Phi) is 8.71. The second-order valence-corrected chi connectivity index (χ2v) is 7.12. The number of fused-ring (bicyclic) bond motifs is 1. The summed E-state index contributed by atoms with van der Waals surface area (Å²) < 4.78 is 18.9. The molecule has 0 radical (unpaired) electrons. The molecule has 6 heteroatoms. The predicted octanol–water partition coefficient (Wildman–Crippen LogP) is 5.61. The summed E-state index contributed by atoms with van der Waals surface area (Å²) in [4.78, 5) is 17.5. The summed E-state index contributed by atoms with van der Waals surface area (Å²) in [5, 5.41) is 6.87. The number of nitrogens with one attached hydrogen (secondary N) is 1. The van der Waals surface area contributed by atoms with E-state index in [0.717, 1.165) is 35.1 Å². The van der Waals surface area contributed by atoms with E-state index in [1.165, 1.54) is 12.1 Å². The van der Waals surface area contributed by atoms with Crippen LogP contribution >= 0.6 is 0 Å². The molecular weight excluding hydrogens is 381 g/mol. The van der Waals surface area contributed by atoms with Crippen LogP contribution in [0.15, 0.2) is 41.4 Å². The molecule has 1 amide bonds. The molecule has 0 aliphatic carbocycles. The summed E-state index contributed by atoms with van der Waals surface area (Å²) in [6, 6.07) is 10.5. The van der Waals surface area contributed by atoms with Crippen LogP contribution in [-0.2, 0) is 17.9 Å². The van der Waals surface area contributed by atoms with E-state index in [2.05, 4.69) is 11.9 Å². The minimum atomic E-state index is -0.293. The average Bonchev–Trinajstić information content (AvgIpc) is 3.17. The van der Waals surface area contributed by atoms with Crippen LogP contribution in [-0.4, -0.2) is 30.0 Å². The first-order valence-corrected chi connectivity index (χ1v) is 10.2. The summed E-state index contributed by atoms with van der Waals surface area (Å²) in [6.07, 6.45) is 4.38. The van der Waals surface area contributed by atoms with Crippen LogP contribution in [0.4, 0.5) is 4.39 Å². The summed E-state index contributed by atoms with van der Waals surface area (Å²) in [5.74, 6) is 0.888. The number of amidine groups is 1. The van der Waals surface area contributed by atoms with E-state index in [1.807, 2.05) is 30.0 Å². The van der Waals surface area contributed by atoms with Gasteiger partial charge >= 0.3 is 0 Å². The van der Waals surface area contributed by atoms with Crippen molar-refractivity contribution in [3.63, 3.8) is 0 Å². The average molecular weight is 412 g/mol. The van der Waals surface area contributed by atoms with Gasteiger partial charge in [-0.3, -0.25) is 10.2 Å². The van der Waals surface area contributed by atoms with Gasteiger partial charge in [0.1, 0.15) is 17.4 Å². The third kappa shape index (κ3) is 6.24. The standard InChI is InChI=1S/C18H18FNO2.C6H12N2/c1-3-18(21)20-10-13-5-4-12(8-14(13)11-20)16-9-15(19)6-7-17(16)22-2;1-3-4-5-8-6(2)7/h4-9H,3,10-11H2,1-2H3;5,7H,3-4H2,1-2H3. The number of nitrogens with zero attached hydrogens (tertiary/aromatic N) is 2. The van der Waals surface area contributed by atoms with E-state index in [4.69, 9.17) is 10.1 Å². The zero-order valence-electron chi connectivity index (χ0n) is 18.2. The number of carbonyl (C=O) groups excluding carboxylic acids is 1. The minimum Gasteiger partial charge on any atom is -0.496 e. The van der Waals surface area contributed by atoms with Gasteiger partial charge in [0, 0.05) is 31.3 Å². The molecule has 3 rings (SSSR count). The molecule has 0 aromatic heterocycles. The van der Waals surface area contributed by atoms with Crippen molar-refractivity contribution in [2.75, 3.05) is 7.11 Å². The van der Waals surface area contributed by atoms with Crippen molar-refractivity contribution in [1.29, 1.82) is 5.41 Å². The number of benzene rings is 2. The maximum absolute atomic E-state index is 13.5. The smallest absolute Gasteiger partial charge is 0.222 e. The monoisotopic (exact) mass is 411 g/mol. The fraction of sp³-hybridized carbons (Fsp3) is 0.375. The Morgan fingerprint density at radius 3 is 2.57 bits per heavy atom. The molecule has 0 fully saturated rings. The molecule has 0 spiro atoms. The Morgan fingerprint density at radius 1 is 1.20 bits per heavy atom. The molecule has 0 unspecified atom stereocenters. The number of aliphatic imine (C=N–C) groups is 1. The number of rotatable bonds is 5. The summed E-state index contributed by atoms with van der Waals surface area (Å²) in [7, 11) is 1.58. The molecule has 5 nitrogen and oxygen atoms in total. The lowest BCUT2D eigenvalue weighted by atomic mass is 10.00. The van der Waals surface area contributed by atoms with E-state index >= 15 is 0 Å². The van der Waals surface area contributed by atoms with Crippen molar-refractivity contribution in [3.05, 3.63) is 53.3 Å². The SMILES string of the molecule is CCC(=O)N1Cc2ccc(-c3cc(F)ccc3OC)cc2C1.CCCC=NC(C)=N. The van der Waals surface area contributed by atoms with Crippen molar-refractivity contribution in [3.8, 4) is 16.9 Å². The zero-order valence-corrected chi connectivity index (χ0v) is 18.2. The van der Waals surface area contributed by atoms with Crippen molar-refractivity contribution in [1.82, 2.24) is 4.90 Å². The van der Waals surface area contributed by atoms with E-state index in [0.29, 0.717) is 31.1 Å². The first-order chi connectivity index (χ1) is 14.4. The van der Waals surface area contributed by atoms with Crippen LogP contribution in [0.25, 0.3) is 11.1 Å². The highest BCUT2D eigenvalue weighted by molar-refractivity contribution is 5.84. The third-order valence-electron chi connectivity index (χ3n) is 4.76. The second kappa shape index (κ2) is 11.2. The molecule has 1 aliphatic heterocycles. The largest absolute Gasteiger partial charge is 0.496 e. The highest BCUT2D eigenvalue weighted by Gasteiger charge is 2.22. The molecule has 1 aliphatic rings. The Morgan fingerprint density at radius 2 is 1.93 bits per heavy atom. The van der Waals surface area contributed by atoms with Gasteiger partial charge in [0.05, 0.1) is 7.11 Å². The fourth-order valence-electron chi connectivity index (χ4n) is 3.20. The topological polar surface area (TPSA) is 65.8 Å². The van der Waals surface area contributed by atoms with Crippen molar-refractivity contribution < 1.29 is 13.9 Å². The number of amides is 1. The van der Waals surface area contributed by atoms with Crippen molar-refractivity contribution in [2.45, 2.75) is 53.1 Å². The van der Waals surface area contributed by atoms with Gasteiger partial charge in [-0.25, -0.2) is 9.38 Å². The second-order valence-electron chi connectivity index (χ2n) is 7.12. The van der Waals surface area contributed by atoms with Crippen LogP contribution in [0, 0.1) is 11.2 Å². The van der Waals surface area contributed by atoms with Gasteiger partial charge < -0.3 is 9.64 Å². The minimum absolute atomic E-state index is 0.154. The Bertz CT molecular complexity index is 925. The maximum Gasteiger partial charge on any atom is 0.222 e. The van der Waals surface area contributed by atoms with Gasteiger partial charge in [-0.2, -0.15) is 0 Å². The first-order valence-electron chi connectivity index (χ1n) is 10.2. The van der Waals surface area contributed by atoms with E-state index in [9.17, 15) is 9.18 Å². The number of halogens is 1. The predicted molar refractivity (Wildman–Crippen MR) is 120 cm³/mol. The molecule has 0 atom stereocenters.